The van der Waals surface area contributed by atoms with Crippen molar-refractivity contribution in [2.24, 2.45) is 0 Å². The number of aromatic amines is 1. The lowest BCUT2D eigenvalue weighted by molar-refractivity contribution is -0.134. The van der Waals surface area contributed by atoms with Gasteiger partial charge in [-0.2, -0.15) is 0 Å². The van der Waals surface area contributed by atoms with Crippen LogP contribution in [0.2, 0.25) is 0 Å². The normalized spacial score (nSPS) is 14.2. The standard InChI is InChI=1S/C25H22FN3O2S/c26-19-7-5-16(6-8-19)24(30)28-22(13-18-14-27-21-4-2-1-3-20(18)21)25(31)29-11-9-23-17(15-29)10-12-32-23/h1-8,10,12,14,22,27H,9,11,13,15H2,(H,28,30). The predicted molar refractivity (Wildman–Crippen MR) is 123 cm³/mol. The number of halogens is 1. The Morgan fingerprint density at radius 3 is 2.78 bits per heavy atom. The van der Waals surface area contributed by atoms with Gasteiger partial charge in [0.05, 0.1) is 0 Å². The van der Waals surface area contributed by atoms with E-state index in [2.05, 4.69) is 21.7 Å². The third kappa shape index (κ3) is 4.03. The Morgan fingerprint density at radius 1 is 1.12 bits per heavy atom. The van der Waals surface area contributed by atoms with E-state index in [0.29, 0.717) is 25.1 Å². The van der Waals surface area contributed by atoms with Crippen LogP contribution >= 0.6 is 11.3 Å². The number of amides is 2. The molecule has 1 aliphatic rings. The number of rotatable bonds is 5. The minimum absolute atomic E-state index is 0.109. The molecule has 2 aromatic carbocycles. The maximum atomic E-state index is 13.6. The molecular weight excluding hydrogens is 425 g/mol. The second kappa shape index (κ2) is 8.59. The van der Waals surface area contributed by atoms with Crippen molar-refractivity contribution in [1.29, 1.82) is 0 Å². The van der Waals surface area contributed by atoms with Crippen molar-refractivity contribution in [3.63, 3.8) is 0 Å². The lowest BCUT2D eigenvalue weighted by atomic mass is 10.0. The minimum Gasteiger partial charge on any atom is -0.361 e. The van der Waals surface area contributed by atoms with E-state index in [0.717, 1.165) is 22.9 Å². The van der Waals surface area contributed by atoms with Crippen molar-refractivity contribution in [3.05, 3.63) is 93.6 Å². The summed E-state index contributed by atoms with van der Waals surface area (Å²) in [7, 11) is 0. The van der Waals surface area contributed by atoms with Crippen molar-refractivity contribution in [2.45, 2.75) is 25.4 Å². The summed E-state index contributed by atoms with van der Waals surface area (Å²) in [6.45, 7) is 1.18. The van der Waals surface area contributed by atoms with E-state index in [4.69, 9.17) is 0 Å². The number of benzene rings is 2. The number of fused-ring (bicyclic) bond motifs is 2. The first kappa shape index (κ1) is 20.5. The van der Waals surface area contributed by atoms with E-state index in [1.807, 2.05) is 35.4 Å². The quantitative estimate of drug-likeness (QED) is 0.479. The summed E-state index contributed by atoms with van der Waals surface area (Å²) in [6.07, 6.45) is 3.08. The summed E-state index contributed by atoms with van der Waals surface area (Å²) in [6, 6.07) is 14.6. The number of hydrogen-bond acceptors (Lipinski definition) is 3. The molecule has 32 heavy (non-hydrogen) atoms. The van der Waals surface area contributed by atoms with Gasteiger partial charge in [0.1, 0.15) is 11.9 Å². The average molecular weight is 448 g/mol. The highest BCUT2D eigenvalue weighted by molar-refractivity contribution is 7.10. The van der Waals surface area contributed by atoms with Gasteiger partial charge in [0, 0.05) is 47.1 Å². The molecule has 0 fully saturated rings. The van der Waals surface area contributed by atoms with Crippen LogP contribution in [0.4, 0.5) is 4.39 Å². The highest BCUT2D eigenvalue weighted by Crippen LogP contribution is 2.25. The van der Waals surface area contributed by atoms with Crippen LogP contribution in [0.15, 0.2) is 66.2 Å². The first-order chi connectivity index (χ1) is 15.6. The van der Waals surface area contributed by atoms with Crippen molar-refractivity contribution in [2.75, 3.05) is 6.54 Å². The Labute approximate surface area is 188 Å². The van der Waals surface area contributed by atoms with E-state index in [-0.39, 0.29) is 5.91 Å². The van der Waals surface area contributed by atoms with Crippen molar-refractivity contribution in [1.82, 2.24) is 15.2 Å². The first-order valence-corrected chi connectivity index (χ1v) is 11.4. The third-order valence-electron chi connectivity index (χ3n) is 5.93. The molecule has 2 aromatic heterocycles. The highest BCUT2D eigenvalue weighted by atomic mass is 32.1. The molecule has 0 radical (unpaired) electrons. The Morgan fingerprint density at radius 2 is 1.94 bits per heavy atom. The summed E-state index contributed by atoms with van der Waals surface area (Å²) in [5, 5.41) is 5.99. The second-order valence-corrected chi connectivity index (χ2v) is 8.98. The number of carbonyl (C=O) groups excluding carboxylic acids is 2. The maximum Gasteiger partial charge on any atom is 0.251 e. The summed E-state index contributed by atoms with van der Waals surface area (Å²) >= 11 is 1.72. The van der Waals surface area contributed by atoms with Gasteiger partial charge < -0.3 is 15.2 Å². The van der Waals surface area contributed by atoms with E-state index in [9.17, 15) is 14.0 Å². The Kier molecular flexibility index (Phi) is 5.49. The van der Waals surface area contributed by atoms with Crippen LogP contribution in [-0.4, -0.2) is 34.3 Å². The molecule has 1 atom stereocenters. The number of para-hydroxylation sites is 1. The molecule has 5 nitrogen and oxygen atoms in total. The monoisotopic (exact) mass is 447 g/mol. The van der Waals surface area contributed by atoms with Gasteiger partial charge in [-0.3, -0.25) is 9.59 Å². The molecule has 0 saturated heterocycles. The zero-order valence-electron chi connectivity index (χ0n) is 17.3. The van der Waals surface area contributed by atoms with Crippen molar-refractivity contribution >= 4 is 34.1 Å². The summed E-state index contributed by atoms with van der Waals surface area (Å²) < 4.78 is 13.3. The maximum absolute atomic E-state index is 13.6. The zero-order valence-corrected chi connectivity index (χ0v) is 18.1. The van der Waals surface area contributed by atoms with Crippen LogP contribution < -0.4 is 5.32 Å². The van der Waals surface area contributed by atoms with Gasteiger partial charge in [-0.05, 0) is 59.3 Å². The highest BCUT2D eigenvalue weighted by Gasteiger charge is 2.30. The van der Waals surface area contributed by atoms with E-state index >= 15 is 0 Å². The van der Waals surface area contributed by atoms with Crippen molar-refractivity contribution < 1.29 is 14.0 Å². The molecule has 2 N–H and O–H groups in total. The summed E-state index contributed by atoms with van der Waals surface area (Å²) in [4.78, 5) is 32.8. The molecule has 5 rings (SSSR count). The van der Waals surface area contributed by atoms with Crippen molar-refractivity contribution in [3.8, 4) is 0 Å². The molecule has 0 saturated carbocycles. The fourth-order valence-corrected chi connectivity index (χ4v) is 5.11. The summed E-state index contributed by atoms with van der Waals surface area (Å²) in [5.41, 5.74) is 3.44. The fourth-order valence-electron chi connectivity index (χ4n) is 4.22. The molecule has 0 aliphatic carbocycles. The van der Waals surface area contributed by atoms with Crippen LogP contribution in [0.3, 0.4) is 0 Å². The molecule has 0 bridgehead atoms. The third-order valence-corrected chi connectivity index (χ3v) is 6.95. The van der Waals surface area contributed by atoms with E-state index in [1.54, 1.807) is 11.3 Å². The lowest BCUT2D eigenvalue weighted by Crippen LogP contribution is -2.50. The second-order valence-electron chi connectivity index (χ2n) is 7.98. The molecule has 3 heterocycles. The Bertz CT molecular complexity index is 1280. The first-order valence-electron chi connectivity index (χ1n) is 10.5. The van der Waals surface area contributed by atoms with Crippen LogP contribution in [0.1, 0.15) is 26.4 Å². The molecule has 1 aliphatic heterocycles. The smallest absolute Gasteiger partial charge is 0.251 e. The molecule has 7 heteroatoms. The van der Waals surface area contributed by atoms with Gasteiger partial charge in [0.15, 0.2) is 0 Å². The zero-order chi connectivity index (χ0) is 22.1. The topological polar surface area (TPSA) is 65.2 Å². The Balaban J connectivity index is 1.42. The molecule has 1 unspecified atom stereocenters. The van der Waals surface area contributed by atoms with E-state index in [1.165, 1.54) is 34.7 Å². The SMILES string of the molecule is O=C(NC(Cc1c[nH]c2ccccc12)C(=O)N1CCc2sccc2C1)c1ccc(F)cc1. The number of nitrogens with zero attached hydrogens (tertiary/aromatic N) is 1. The number of nitrogens with one attached hydrogen (secondary N) is 2. The van der Waals surface area contributed by atoms with Crippen LogP contribution in [-0.2, 0) is 24.2 Å². The minimum atomic E-state index is -0.730. The molecule has 0 spiro atoms. The molecule has 4 aromatic rings. The Hall–Kier alpha value is -3.45. The number of H-pyrrole nitrogens is 1. The lowest BCUT2D eigenvalue weighted by Gasteiger charge is -2.31. The van der Waals surface area contributed by atoms with Gasteiger partial charge >= 0.3 is 0 Å². The van der Waals surface area contributed by atoms with Gasteiger partial charge in [-0.1, -0.05) is 18.2 Å². The number of hydrogen-bond donors (Lipinski definition) is 2. The number of aromatic nitrogens is 1. The number of carbonyl (C=O) groups is 2. The average Bonchev–Trinajstić information content (AvgIpc) is 3.45. The van der Waals surface area contributed by atoms with Gasteiger partial charge in [-0.25, -0.2) is 4.39 Å². The molecular formula is C25H22FN3O2S. The van der Waals surface area contributed by atoms with Crippen LogP contribution in [0, 0.1) is 5.82 Å². The molecule has 162 valence electrons. The van der Waals surface area contributed by atoms with Gasteiger partial charge in [-0.15, -0.1) is 11.3 Å². The fraction of sp³-hybridized carbons (Fsp3) is 0.200. The number of thiophene rings is 1. The molecule has 2 amide bonds. The van der Waals surface area contributed by atoms with Crippen LogP contribution in [0.25, 0.3) is 10.9 Å². The summed E-state index contributed by atoms with van der Waals surface area (Å²) in [5.74, 6) is -0.910. The van der Waals surface area contributed by atoms with Crippen LogP contribution in [0.5, 0.6) is 0 Å². The largest absolute Gasteiger partial charge is 0.361 e. The predicted octanol–water partition coefficient (Wildman–Crippen LogP) is 4.29. The van der Waals surface area contributed by atoms with E-state index < -0.39 is 17.8 Å². The van der Waals surface area contributed by atoms with Gasteiger partial charge in [0.2, 0.25) is 5.91 Å². The van der Waals surface area contributed by atoms with Gasteiger partial charge in [0.25, 0.3) is 5.91 Å².